The second-order valence-corrected chi connectivity index (χ2v) is 15.1. The zero-order valence-electron chi connectivity index (χ0n) is 28.3. The Morgan fingerprint density at radius 1 is 1.02 bits per heavy atom. The standard InChI is InChI=1S/C34H44N8O7S/c1-33(2,49)26-18-37-40-42(26)23-17-25(31(47)39-34(27(43)29(36)45)12-14-50-15-13-34)41(19-23)32(48)24(16-20-6-4-3-5-7-20)38-30(46)22-10-8-21(9-11-22)28(35)44/h8-11,18,20,23,25,49H,3-7,12-17,19H2,1-2H3,(H2,35,44)(H2,36,45)(H,39,47)/b38-24+/t23-,25-/m0/s1. The summed E-state index contributed by atoms with van der Waals surface area (Å²) in [4.78, 5) is 84.8. The summed E-state index contributed by atoms with van der Waals surface area (Å²) in [5, 5.41) is 21.8. The number of nitrogens with one attached hydrogen (secondary N) is 1. The number of hydrogen-bond acceptors (Lipinski definition) is 10. The van der Waals surface area contributed by atoms with E-state index in [1.807, 2.05) is 0 Å². The van der Waals surface area contributed by atoms with Gasteiger partial charge in [0.1, 0.15) is 22.9 Å². The molecule has 1 saturated carbocycles. The van der Waals surface area contributed by atoms with Crippen LogP contribution in [0.4, 0.5) is 0 Å². The molecule has 0 unspecified atom stereocenters. The van der Waals surface area contributed by atoms with Gasteiger partial charge in [-0.1, -0.05) is 37.3 Å². The Labute approximate surface area is 294 Å². The third kappa shape index (κ3) is 8.12. The minimum atomic E-state index is -1.52. The van der Waals surface area contributed by atoms with E-state index in [1.165, 1.54) is 40.0 Å². The molecule has 0 bridgehead atoms. The number of Topliss-reactive ketones (excluding diaryl/α,β-unsaturated/α-hetero) is 1. The molecule has 2 aliphatic heterocycles. The minimum Gasteiger partial charge on any atom is -0.384 e. The maximum atomic E-state index is 14.6. The van der Waals surface area contributed by atoms with E-state index < -0.39 is 58.5 Å². The highest BCUT2D eigenvalue weighted by molar-refractivity contribution is 7.99. The second-order valence-electron chi connectivity index (χ2n) is 13.9. The van der Waals surface area contributed by atoms with E-state index in [9.17, 15) is 33.9 Å². The molecule has 5 rings (SSSR count). The average Bonchev–Trinajstić information content (AvgIpc) is 3.77. The van der Waals surface area contributed by atoms with Crippen LogP contribution in [0, 0.1) is 5.92 Å². The summed E-state index contributed by atoms with van der Waals surface area (Å²) in [6.45, 7) is 3.10. The predicted octanol–water partition coefficient (Wildman–Crippen LogP) is 1.43. The molecule has 3 heterocycles. The van der Waals surface area contributed by atoms with E-state index in [4.69, 9.17) is 11.5 Å². The van der Waals surface area contributed by atoms with Crippen molar-refractivity contribution in [1.82, 2.24) is 25.2 Å². The van der Waals surface area contributed by atoms with Crippen molar-refractivity contribution in [2.45, 2.75) is 94.9 Å². The lowest BCUT2D eigenvalue weighted by molar-refractivity contribution is -0.143. The largest absolute Gasteiger partial charge is 0.384 e. The van der Waals surface area contributed by atoms with E-state index in [0.29, 0.717) is 17.2 Å². The molecule has 2 atom stereocenters. The van der Waals surface area contributed by atoms with E-state index in [2.05, 4.69) is 20.6 Å². The van der Waals surface area contributed by atoms with Crippen LogP contribution < -0.4 is 16.8 Å². The molecule has 16 heteroatoms. The molecule has 0 radical (unpaired) electrons. The van der Waals surface area contributed by atoms with Crippen molar-refractivity contribution < 1.29 is 33.9 Å². The van der Waals surface area contributed by atoms with E-state index in [-0.39, 0.29) is 55.0 Å². The third-order valence-electron chi connectivity index (χ3n) is 9.86. The van der Waals surface area contributed by atoms with Crippen molar-refractivity contribution in [3.8, 4) is 0 Å². The summed E-state index contributed by atoms with van der Waals surface area (Å²) in [5.74, 6) is -3.55. The van der Waals surface area contributed by atoms with Crippen LogP contribution in [0.5, 0.6) is 0 Å². The third-order valence-corrected chi connectivity index (χ3v) is 10.8. The highest BCUT2D eigenvalue weighted by atomic mass is 32.2. The van der Waals surface area contributed by atoms with Crippen LogP contribution in [-0.2, 0) is 24.8 Å². The first-order valence-corrected chi connectivity index (χ1v) is 18.1. The SMILES string of the molecule is CC(C)(O)c1cnnn1[C@H]1C[C@@H](C(=O)NC2(C(=O)C(N)=O)CCSCC2)N(C(=O)/C(CC2CCCCC2)=N/C(=O)c2ccc(C(N)=O)cc2)C1. The lowest BCUT2D eigenvalue weighted by atomic mass is 9.85. The number of aliphatic hydroxyl groups is 1. The molecule has 3 aliphatic rings. The Hall–Kier alpha value is -4.44. The molecule has 0 spiro atoms. The number of nitrogens with two attached hydrogens (primary N) is 2. The zero-order valence-corrected chi connectivity index (χ0v) is 29.1. The Morgan fingerprint density at radius 3 is 2.26 bits per heavy atom. The number of carbonyl (C=O) groups excluding carboxylic acids is 6. The van der Waals surface area contributed by atoms with Gasteiger partial charge in [0.25, 0.3) is 17.7 Å². The number of hydrogen-bond donors (Lipinski definition) is 4. The summed E-state index contributed by atoms with van der Waals surface area (Å²) in [7, 11) is 0. The van der Waals surface area contributed by atoms with Gasteiger partial charge >= 0.3 is 0 Å². The fourth-order valence-corrected chi connectivity index (χ4v) is 8.26. The quantitative estimate of drug-likeness (QED) is 0.194. The molecule has 1 aromatic heterocycles. The molecule has 6 N–H and O–H groups in total. The molecular formula is C34H44N8O7S. The van der Waals surface area contributed by atoms with Crippen LogP contribution in [0.2, 0.25) is 0 Å². The number of amides is 5. The number of thioether (sulfide) groups is 1. The van der Waals surface area contributed by atoms with Gasteiger partial charge in [-0.15, -0.1) is 5.10 Å². The fraction of sp³-hybridized carbons (Fsp3) is 0.559. The lowest BCUT2D eigenvalue weighted by Crippen LogP contribution is -2.63. The molecule has 268 valence electrons. The van der Waals surface area contributed by atoms with Crippen molar-refractivity contribution in [2.24, 2.45) is 22.4 Å². The average molecular weight is 709 g/mol. The second kappa shape index (κ2) is 15.2. The van der Waals surface area contributed by atoms with Crippen molar-refractivity contribution in [3.63, 3.8) is 0 Å². The Balaban J connectivity index is 1.52. The summed E-state index contributed by atoms with van der Waals surface area (Å²) in [5.41, 5.74) is 8.62. The van der Waals surface area contributed by atoms with Gasteiger partial charge in [0, 0.05) is 24.1 Å². The first-order valence-electron chi connectivity index (χ1n) is 16.9. The number of ketones is 1. The lowest BCUT2D eigenvalue weighted by Gasteiger charge is -2.37. The summed E-state index contributed by atoms with van der Waals surface area (Å²) < 4.78 is 1.48. The van der Waals surface area contributed by atoms with Crippen molar-refractivity contribution in [1.29, 1.82) is 0 Å². The maximum absolute atomic E-state index is 14.6. The van der Waals surface area contributed by atoms with E-state index in [0.717, 1.165) is 32.1 Å². The van der Waals surface area contributed by atoms with Gasteiger partial charge in [0.05, 0.1) is 17.9 Å². The molecule has 2 aromatic rings. The zero-order chi connectivity index (χ0) is 36.2. The Morgan fingerprint density at radius 2 is 1.66 bits per heavy atom. The number of rotatable bonds is 11. The number of benzene rings is 1. The van der Waals surface area contributed by atoms with Gasteiger partial charge in [0.2, 0.25) is 17.6 Å². The molecule has 1 aliphatic carbocycles. The Bertz CT molecular complexity index is 1670. The molecule has 1 aromatic carbocycles. The number of aromatic nitrogens is 3. The molecule has 2 saturated heterocycles. The van der Waals surface area contributed by atoms with Crippen LogP contribution in [0.25, 0.3) is 0 Å². The number of carbonyl (C=O) groups is 6. The maximum Gasteiger partial charge on any atom is 0.287 e. The van der Waals surface area contributed by atoms with Gasteiger partial charge in [-0.25, -0.2) is 9.67 Å². The minimum absolute atomic E-state index is 0.0161. The van der Waals surface area contributed by atoms with Gasteiger partial charge in [-0.2, -0.15) is 11.8 Å². The van der Waals surface area contributed by atoms with E-state index >= 15 is 0 Å². The van der Waals surface area contributed by atoms with Crippen molar-refractivity contribution in [3.05, 3.63) is 47.3 Å². The van der Waals surface area contributed by atoms with Crippen LogP contribution in [0.15, 0.2) is 35.5 Å². The molecular weight excluding hydrogens is 664 g/mol. The van der Waals surface area contributed by atoms with Crippen molar-refractivity contribution in [2.75, 3.05) is 18.1 Å². The molecule has 50 heavy (non-hydrogen) atoms. The smallest absolute Gasteiger partial charge is 0.287 e. The monoisotopic (exact) mass is 708 g/mol. The normalized spacial score (nSPS) is 21.4. The highest BCUT2D eigenvalue weighted by Gasteiger charge is 2.49. The topological polar surface area (TPSA) is 233 Å². The summed E-state index contributed by atoms with van der Waals surface area (Å²) in [6.07, 6.45) is 6.78. The van der Waals surface area contributed by atoms with Gasteiger partial charge in [0.15, 0.2) is 0 Å². The molecule has 5 amide bonds. The van der Waals surface area contributed by atoms with Crippen LogP contribution in [0.1, 0.15) is 104 Å². The molecule has 15 nitrogen and oxygen atoms in total. The number of primary amides is 2. The fourth-order valence-electron chi connectivity index (χ4n) is 7.07. The van der Waals surface area contributed by atoms with E-state index in [1.54, 1.807) is 25.6 Å². The first kappa shape index (κ1) is 36.8. The number of nitrogens with zero attached hydrogens (tertiary/aromatic N) is 5. The molecule has 3 fully saturated rings. The van der Waals surface area contributed by atoms with Crippen molar-refractivity contribution >= 4 is 52.8 Å². The van der Waals surface area contributed by atoms with Gasteiger partial charge in [-0.05, 0) is 74.8 Å². The summed E-state index contributed by atoms with van der Waals surface area (Å²) in [6, 6.07) is 3.88. The van der Waals surface area contributed by atoms with Crippen LogP contribution >= 0.6 is 11.8 Å². The Kier molecular flexibility index (Phi) is 11.2. The predicted molar refractivity (Wildman–Crippen MR) is 184 cm³/mol. The van der Waals surface area contributed by atoms with Gasteiger partial charge < -0.3 is 26.8 Å². The number of likely N-dealkylation sites (tertiary alicyclic amines) is 1. The van der Waals surface area contributed by atoms with Crippen LogP contribution in [0.3, 0.4) is 0 Å². The first-order chi connectivity index (χ1) is 23.7. The summed E-state index contributed by atoms with van der Waals surface area (Å²) >= 11 is 1.59. The van der Waals surface area contributed by atoms with Crippen LogP contribution in [-0.4, -0.2) is 95.7 Å². The number of aliphatic imine (C=N–C) groups is 1. The van der Waals surface area contributed by atoms with Gasteiger partial charge in [-0.3, -0.25) is 28.8 Å². The highest BCUT2D eigenvalue weighted by Crippen LogP contribution is 2.34.